The Morgan fingerprint density at radius 1 is 1.21 bits per heavy atom. The van der Waals surface area contributed by atoms with E-state index in [0.717, 1.165) is 36.4 Å². The summed E-state index contributed by atoms with van der Waals surface area (Å²) in [6.07, 6.45) is -0.385. The van der Waals surface area contributed by atoms with Crippen molar-refractivity contribution in [3.8, 4) is 0 Å². The average molecular weight is 264 g/mol. The maximum Gasteiger partial charge on any atom is 0.411 e. The SMILES string of the molecule is CCN(CC)CCOC(=O)Nc1c(C)cccc1C. The lowest BCUT2D eigenvalue weighted by Gasteiger charge is -2.18. The molecule has 1 rings (SSSR count). The summed E-state index contributed by atoms with van der Waals surface area (Å²) in [4.78, 5) is 13.9. The Morgan fingerprint density at radius 3 is 2.32 bits per heavy atom. The second kappa shape index (κ2) is 7.79. The van der Waals surface area contributed by atoms with Gasteiger partial charge in [-0.15, -0.1) is 0 Å². The maximum absolute atomic E-state index is 11.7. The summed E-state index contributed by atoms with van der Waals surface area (Å²) in [5.74, 6) is 0. The zero-order valence-electron chi connectivity index (χ0n) is 12.3. The van der Waals surface area contributed by atoms with Crippen molar-refractivity contribution >= 4 is 11.8 Å². The number of nitrogens with one attached hydrogen (secondary N) is 1. The van der Waals surface area contributed by atoms with Gasteiger partial charge in [0.15, 0.2) is 0 Å². The predicted octanol–water partition coefficient (Wildman–Crippen LogP) is 3.19. The molecule has 0 saturated heterocycles. The van der Waals surface area contributed by atoms with Crippen molar-refractivity contribution in [1.29, 1.82) is 0 Å². The van der Waals surface area contributed by atoms with Gasteiger partial charge < -0.3 is 9.64 Å². The minimum absolute atomic E-state index is 0.385. The number of hydrogen-bond acceptors (Lipinski definition) is 3. The van der Waals surface area contributed by atoms with E-state index in [9.17, 15) is 4.79 Å². The highest BCUT2D eigenvalue weighted by Crippen LogP contribution is 2.19. The van der Waals surface area contributed by atoms with Gasteiger partial charge >= 0.3 is 6.09 Å². The van der Waals surface area contributed by atoms with E-state index >= 15 is 0 Å². The summed E-state index contributed by atoms with van der Waals surface area (Å²) in [5.41, 5.74) is 2.93. The zero-order chi connectivity index (χ0) is 14.3. The van der Waals surface area contributed by atoms with Crippen LogP contribution >= 0.6 is 0 Å². The Balaban J connectivity index is 2.43. The van der Waals surface area contributed by atoms with E-state index in [2.05, 4.69) is 24.1 Å². The molecule has 4 heteroatoms. The number of ether oxygens (including phenoxy) is 1. The van der Waals surface area contributed by atoms with E-state index in [1.165, 1.54) is 0 Å². The monoisotopic (exact) mass is 264 g/mol. The van der Waals surface area contributed by atoms with E-state index in [0.29, 0.717) is 6.61 Å². The zero-order valence-corrected chi connectivity index (χ0v) is 12.3. The summed E-state index contributed by atoms with van der Waals surface area (Å²) >= 11 is 0. The van der Waals surface area contributed by atoms with Gasteiger partial charge in [0.2, 0.25) is 0 Å². The minimum atomic E-state index is -0.385. The number of benzene rings is 1. The maximum atomic E-state index is 11.7. The molecule has 0 fully saturated rings. The highest BCUT2D eigenvalue weighted by atomic mass is 16.5. The molecule has 0 aliphatic rings. The third-order valence-electron chi connectivity index (χ3n) is 3.24. The number of carbonyl (C=O) groups is 1. The van der Waals surface area contributed by atoms with Gasteiger partial charge in [0, 0.05) is 12.2 Å². The number of rotatable bonds is 6. The van der Waals surface area contributed by atoms with Crippen LogP contribution in [0.2, 0.25) is 0 Å². The van der Waals surface area contributed by atoms with Crippen LogP contribution in [0.1, 0.15) is 25.0 Å². The van der Waals surface area contributed by atoms with Crippen molar-refractivity contribution in [1.82, 2.24) is 4.90 Å². The highest BCUT2D eigenvalue weighted by Gasteiger charge is 2.08. The normalized spacial score (nSPS) is 10.6. The lowest BCUT2D eigenvalue weighted by molar-refractivity contribution is 0.142. The number of carbonyl (C=O) groups excluding carboxylic acids is 1. The number of para-hydroxylation sites is 1. The van der Waals surface area contributed by atoms with Gasteiger partial charge in [0.25, 0.3) is 0 Å². The number of hydrogen-bond donors (Lipinski definition) is 1. The molecule has 0 bridgehead atoms. The van der Waals surface area contributed by atoms with Gasteiger partial charge in [-0.25, -0.2) is 4.79 Å². The first-order chi connectivity index (χ1) is 9.08. The second-order valence-electron chi connectivity index (χ2n) is 4.55. The van der Waals surface area contributed by atoms with Crippen LogP contribution in [0.5, 0.6) is 0 Å². The number of likely N-dealkylation sites (N-methyl/N-ethyl adjacent to an activating group) is 1. The Labute approximate surface area is 115 Å². The van der Waals surface area contributed by atoms with Crippen molar-refractivity contribution in [2.45, 2.75) is 27.7 Å². The molecule has 0 heterocycles. The molecule has 0 unspecified atom stereocenters. The first-order valence-electron chi connectivity index (χ1n) is 6.80. The van der Waals surface area contributed by atoms with Crippen LogP contribution in [0.25, 0.3) is 0 Å². The third-order valence-corrected chi connectivity index (χ3v) is 3.24. The summed E-state index contributed by atoms with van der Waals surface area (Å²) in [7, 11) is 0. The summed E-state index contributed by atoms with van der Waals surface area (Å²) < 4.78 is 5.20. The minimum Gasteiger partial charge on any atom is -0.448 e. The van der Waals surface area contributed by atoms with Crippen LogP contribution in [-0.4, -0.2) is 37.2 Å². The molecule has 106 valence electrons. The Morgan fingerprint density at radius 2 is 1.79 bits per heavy atom. The largest absolute Gasteiger partial charge is 0.448 e. The fourth-order valence-corrected chi connectivity index (χ4v) is 1.96. The van der Waals surface area contributed by atoms with Crippen molar-refractivity contribution in [2.75, 3.05) is 31.6 Å². The molecule has 1 aromatic rings. The Bertz CT molecular complexity index is 394. The topological polar surface area (TPSA) is 41.6 Å². The first-order valence-corrected chi connectivity index (χ1v) is 6.80. The van der Waals surface area contributed by atoms with E-state index in [1.807, 2.05) is 32.0 Å². The van der Waals surface area contributed by atoms with Crippen LogP contribution < -0.4 is 5.32 Å². The molecule has 4 nitrogen and oxygen atoms in total. The standard InChI is InChI=1S/C15H24N2O2/c1-5-17(6-2)10-11-19-15(18)16-14-12(3)8-7-9-13(14)4/h7-9H,5-6,10-11H2,1-4H3,(H,16,18). The summed E-state index contributed by atoms with van der Waals surface area (Å²) in [6.45, 7) is 11.3. The molecule has 0 aliphatic carbocycles. The van der Waals surface area contributed by atoms with Crippen LogP contribution in [0.3, 0.4) is 0 Å². The molecule has 19 heavy (non-hydrogen) atoms. The van der Waals surface area contributed by atoms with Crippen LogP contribution in [0, 0.1) is 13.8 Å². The molecule has 0 spiro atoms. The predicted molar refractivity (Wildman–Crippen MR) is 78.7 cm³/mol. The highest BCUT2D eigenvalue weighted by molar-refractivity contribution is 5.86. The lowest BCUT2D eigenvalue weighted by atomic mass is 10.1. The number of aryl methyl sites for hydroxylation is 2. The van der Waals surface area contributed by atoms with E-state index < -0.39 is 0 Å². The fourth-order valence-electron chi connectivity index (χ4n) is 1.96. The van der Waals surface area contributed by atoms with Crippen LogP contribution in [0.4, 0.5) is 10.5 Å². The number of amides is 1. The Kier molecular flexibility index (Phi) is 6.36. The molecule has 1 amide bonds. The van der Waals surface area contributed by atoms with Crippen LogP contribution in [-0.2, 0) is 4.74 Å². The van der Waals surface area contributed by atoms with Crippen molar-refractivity contribution in [2.24, 2.45) is 0 Å². The van der Waals surface area contributed by atoms with E-state index in [1.54, 1.807) is 0 Å². The van der Waals surface area contributed by atoms with Gasteiger partial charge in [-0.2, -0.15) is 0 Å². The average Bonchev–Trinajstić information content (AvgIpc) is 2.39. The van der Waals surface area contributed by atoms with Gasteiger partial charge in [0.05, 0.1) is 0 Å². The summed E-state index contributed by atoms with van der Waals surface area (Å²) in [5, 5.41) is 2.81. The van der Waals surface area contributed by atoms with Crippen molar-refractivity contribution in [3.05, 3.63) is 29.3 Å². The molecular formula is C15H24N2O2. The molecule has 0 atom stereocenters. The van der Waals surface area contributed by atoms with Gasteiger partial charge in [-0.1, -0.05) is 32.0 Å². The summed E-state index contributed by atoms with van der Waals surface area (Å²) in [6, 6.07) is 5.92. The van der Waals surface area contributed by atoms with Crippen LogP contribution in [0.15, 0.2) is 18.2 Å². The quantitative estimate of drug-likeness (QED) is 0.858. The molecule has 0 aliphatic heterocycles. The second-order valence-corrected chi connectivity index (χ2v) is 4.55. The number of anilines is 1. The third kappa shape index (κ3) is 4.91. The molecule has 1 N–H and O–H groups in total. The molecular weight excluding hydrogens is 240 g/mol. The first kappa shape index (κ1) is 15.5. The fraction of sp³-hybridized carbons (Fsp3) is 0.533. The Hall–Kier alpha value is -1.55. The van der Waals surface area contributed by atoms with E-state index in [-0.39, 0.29) is 6.09 Å². The number of nitrogens with zero attached hydrogens (tertiary/aromatic N) is 1. The molecule has 0 radical (unpaired) electrons. The smallest absolute Gasteiger partial charge is 0.411 e. The molecule has 0 saturated carbocycles. The van der Waals surface area contributed by atoms with Gasteiger partial charge in [-0.3, -0.25) is 5.32 Å². The van der Waals surface area contributed by atoms with Gasteiger partial charge in [0.1, 0.15) is 6.61 Å². The van der Waals surface area contributed by atoms with Gasteiger partial charge in [-0.05, 0) is 38.1 Å². The molecule has 0 aromatic heterocycles. The van der Waals surface area contributed by atoms with Crippen molar-refractivity contribution < 1.29 is 9.53 Å². The lowest BCUT2D eigenvalue weighted by Crippen LogP contribution is -2.28. The van der Waals surface area contributed by atoms with Crippen molar-refractivity contribution in [3.63, 3.8) is 0 Å². The molecule has 1 aromatic carbocycles. The van der Waals surface area contributed by atoms with E-state index in [4.69, 9.17) is 4.74 Å².